The number of benzene rings is 2. The Kier molecular flexibility index (Phi) is 7.36. The van der Waals surface area contributed by atoms with Crippen molar-refractivity contribution < 1.29 is 27.2 Å². The van der Waals surface area contributed by atoms with Gasteiger partial charge in [-0.3, -0.25) is 15.6 Å². The standard InChI is InChI=1S/C21H18Cl3F4N3O2/c1-10(2)5-18(32)30-29-16-6-11(3-4-13(16)22)17-9-20(33-31-17,21(26,27)28)12-7-14(23)19(25)15(24)8-12/h3-4,6-8,10,29H,5,9H2,1-2H3,(H,30,32). The van der Waals surface area contributed by atoms with Crippen LogP contribution in [0.15, 0.2) is 35.5 Å². The number of halogens is 7. The molecule has 1 heterocycles. The van der Waals surface area contributed by atoms with Crippen LogP contribution in [0.3, 0.4) is 0 Å². The van der Waals surface area contributed by atoms with E-state index in [0.717, 1.165) is 12.1 Å². The van der Waals surface area contributed by atoms with Crippen LogP contribution < -0.4 is 10.9 Å². The summed E-state index contributed by atoms with van der Waals surface area (Å²) >= 11 is 17.6. The summed E-state index contributed by atoms with van der Waals surface area (Å²) in [5.41, 5.74) is 2.22. The minimum Gasteiger partial charge on any atom is -0.374 e. The van der Waals surface area contributed by atoms with E-state index in [9.17, 15) is 22.4 Å². The van der Waals surface area contributed by atoms with Gasteiger partial charge in [-0.05, 0) is 30.2 Å². The maximum Gasteiger partial charge on any atom is 0.435 e. The van der Waals surface area contributed by atoms with Crippen LogP contribution in [0.1, 0.15) is 37.8 Å². The van der Waals surface area contributed by atoms with Crippen LogP contribution in [-0.2, 0) is 15.2 Å². The van der Waals surface area contributed by atoms with Gasteiger partial charge in [-0.25, -0.2) is 4.39 Å². The lowest BCUT2D eigenvalue weighted by Gasteiger charge is -2.29. The first-order valence-corrected chi connectivity index (χ1v) is 10.8. The maximum atomic E-state index is 14.2. The van der Waals surface area contributed by atoms with Crippen molar-refractivity contribution in [3.8, 4) is 0 Å². The number of hydrogen-bond acceptors (Lipinski definition) is 4. The monoisotopic (exact) mass is 525 g/mol. The molecule has 2 N–H and O–H groups in total. The van der Waals surface area contributed by atoms with E-state index in [-0.39, 0.29) is 40.2 Å². The van der Waals surface area contributed by atoms with Gasteiger partial charge in [0, 0.05) is 24.0 Å². The molecular weight excluding hydrogens is 509 g/mol. The van der Waals surface area contributed by atoms with Crippen molar-refractivity contribution in [2.75, 3.05) is 5.43 Å². The lowest BCUT2D eigenvalue weighted by Crippen LogP contribution is -2.42. The van der Waals surface area contributed by atoms with E-state index in [2.05, 4.69) is 16.0 Å². The van der Waals surface area contributed by atoms with Gasteiger partial charge in [0.2, 0.25) is 5.91 Å². The van der Waals surface area contributed by atoms with E-state index in [0.29, 0.717) is 0 Å². The van der Waals surface area contributed by atoms with Gasteiger partial charge in [0.15, 0.2) is 5.82 Å². The minimum atomic E-state index is -4.93. The molecule has 5 nitrogen and oxygen atoms in total. The molecule has 2 aromatic rings. The first kappa shape index (κ1) is 25.4. The number of hydrazine groups is 1. The van der Waals surface area contributed by atoms with Crippen LogP contribution in [0.4, 0.5) is 23.2 Å². The SMILES string of the molecule is CC(C)CC(=O)NNc1cc(C2=NOC(c3cc(Cl)c(F)c(Cl)c3)(C(F)(F)F)C2)ccc1Cl. The van der Waals surface area contributed by atoms with Crippen LogP contribution in [-0.4, -0.2) is 17.8 Å². The highest BCUT2D eigenvalue weighted by Crippen LogP contribution is 2.50. The highest BCUT2D eigenvalue weighted by molar-refractivity contribution is 6.35. The summed E-state index contributed by atoms with van der Waals surface area (Å²) in [6.45, 7) is 3.75. The average Bonchev–Trinajstić information content (AvgIpc) is 3.17. The predicted octanol–water partition coefficient (Wildman–Crippen LogP) is 6.86. The normalized spacial score (nSPS) is 18.2. The van der Waals surface area contributed by atoms with Crippen molar-refractivity contribution in [3.63, 3.8) is 0 Å². The third-order valence-electron chi connectivity index (χ3n) is 4.87. The van der Waals surface area contributed by atoms with E-state index in [4.69, 9.17) is 39.6 Å². The second kappa shape index (κ2) is 9.56. The van der Waals surface area contributed by atoms with Gasteiger partial charge in [0.25, 0.3) is 5.60 Å². The number of alkyl halides is 3. The summed E-state index contributed by atoms with van der Waals surface area (Å²) in [7, 11) is 0. The zero-order valence-electron chi connectivity index (χ0n) is 17.3. The fraction of sp³-hybridized carbons (Fsp3) is 0.333. The fourth-order valence-corrected chi connectivity index (χ4v) is 3.86. The zero-order valence-corrected chi connectivity index (χ0v) is 19.6. The molecule has 178 valence electrons. The highest BCUT2D eigenvalue weighted by atomic mass is 35.5. The number of hydrogen-bond donors (Lipinski definition) is 2. The average molecular weight is 527 g/mol. The van der Waals surface area contributed by atoms with Crippen molar-refractivity contribution in [2.45, 2.75) is 38.5 Å². The van der Waals surface area contributed by atoms with Crippen LogP contribution in [0, 0.1) is 11.7 Å². The highest BCUT2D eigenvalue weighted by Gasteiger charge is 2.62. The van der Waals surface area contributed by atoms with Gasteiger partial charge in [-0.1, -0.05) is 59.9 Å². The molecule has 1 aliphatic rings. The Labute approximate surface area is 202 Å². The van der Waals surface area contributed by atoms with Crippen molar-refractivity contribution in [3.05, 3.63) is 62.3 Å². The van der Waals surface area contributed by atoms with Gasteiger partial charge in [0.1, 0.15) is 0 Å². The molecule has 0 fully saturated rings. The van der Waals surface area contributed by atoms with E-state index in [1.54, 1.807) is 0 Å². The number of nitrogens with one attached hydrogen (secondary N) is 2. The lowest BCUT2D eigenvalue weighted by atomic mass is 9.86. The molecule has 1 unspecified atom stereocenters. The second-order valence-electron chi connectivity index (χ2n) is 7.85. The number of carbonyl (C=O) groups is 1. The molecule has 1 atom stereocenters. The summed E-state index contributed by atoms with van der Waals surface area (Å²) in [4.78, 5) is 16.8. The molecule has 1 aliphatic heterocycles. The quantitative estimate of drug-likeness (QED) is 0.246. The smallest absolute Gasteiger partial charge is 0.374 e. The Morgan fingerprint density at radius 3 is 2.36 bits per heavy atom. The molecule has 1 amide bonds. The molecular formula is C21H18Cl3F4N3O2. The van der Waals surface area contributed by atoms with Gasteiger partial charge >= 0.3 is 6.18 Å². The first-order chi connectivity index (χ1) is 15.3. The van der Waals surface area contributed by atoms with Crippen LogP contribution in [0.5, 0.6) is 0 Å². The van der Waals surface area contributed by atoms with E-state index >= 15 is 0 Å². The minimum absolute atomic E-state index is 0.0443. The van der Waals surface area contributed by atoms with Gasteiger partial charge in [0.05, 0.1) is 26.5 Å². The molecule has 33 heavy (non-hydrogen) atoms. The summed E-state index contributed by atoms with van der Waals surface area (Å²) in [5.74, 6) is -1.19. The number of anilines is 1. The first-order valence-electron chi connectivity index (χ1n) is 9.65. The Morgan fingerprint density at radius 2 is 1.79 bits per heavy atom. The Hall–Kier alpha value is -2.23. The Balaban J connectivity index is 1.89. The molecule has 0 bridgehead atoms. The van der Waals surface area contributed by atoms with E-state index in [1.807, 2.05) is 13.8 Å². The Bertz CT molecular complexity index is 1090. The van der Waals surface area contributed by atoms with Gasteiger partial charge < -0.3 is 4.84 Å². The van der Waals surface area contributed by atoms with Crippen molar-refractivity contribution in [2.24, 2.45) is 11.1 Å². The molecule has 3 rings (SSSR count). The fourth-order valence-electron chi connectivity index (χ4n) is 3.21. The maximum absolute atomic E-state index is 14.2. The molecule has 0 aliphatic carbocycles. The largest absolute Gasteiger partial charge is 0.435 e. The summed E-state index contributed by atoms with van der Waals surface area (Å²) < 4.78 is 56.2. The van der Waals surface area contributed by atoms with Crippen molar-refractivity contribution in [1.82, 2.24) is 5.43 Å². The molecule has 0 saturated heterocycles. The second-order valence-corrected chi connectivity index (χ2v) is 9.07. The summed E-state index contributed by atoms with van der Waals surface area (Å²) in [5, 5.41) is 2.72. The van der Waals surface area contributed by atoms with Crippen LogP contribution in [0.25, 0.3) is 0 Å². The molecule has 0 radical (unpaired) electrons. The van der Waals surface area contributed by atoms with Crippen molar-refractivity contribution in [1.29, 1.82) is 0 Å². The lowest BCUT2D eigenvalue weighted by molar-refractivity contribution is -0.275. The van der Waals surface area contributed by atoms with Crippen molar-refractivity contribution >= 4 is 52.1 Å². The summed E-state index contributed by atoms with van der Waals surface area (Å²) in [6, 6.07) is 5.96. The number of nitrogens with zero attached hydrogens (tertiary/aromatic N) is 1. The van der Waals surface area contributed by atoms with Gasteiger partial charge in [-0.2, -0.15) is 13.2 Å². The summed E-state index contributed by atoms with van der Waals surface area (Å²) in [6.07, 6.45) is -5.39. The third kappa shape index (κ3) is 5.31. The van der Waals surface area contributed by atoms with Crippen LogP contribution in [0.2, 0.25) is 15.1 Å². The Morgan fingerprint density at radius 1 is 1.15 bits per heavy atom. The number of rotatable bonds is 6. The molecule has 0 saturated carbocycles. The third-order valence-corrected chi connectivity index (χ3v) is 5.75. The van der Waals surface area contributed by atoms with E-state index < -0.39 is 39.6 Å². The van der Waals surface area contributed by atoms with E-state index in [1.165, 1.54) is 18.2 Å². The molecule has 0 aromatic heterocycles. The van der Waals surface area contributed by atoms with Gasteiger partial charge in [-0.15, -0.1) is 0 Å². The zero-order chi connectivity index (χ0) is 24.6. The number of carbonyl (C=O) groups excluding carboxylic acids is 1. The molecule has 2 aromatic carbocycles. The predicted molar refractivity (Wildman–Crippen MR) is 119 cm³/mol. The molecule has 0 spiro atoms. The molecule has 12 heteroatoms. The number of amides is 1. The number of oxime groups is 1. The topological polar surface area (TPSA) is 62.7 Å². The van der Waals surface area contributed by atoms with Crippen LogP contribution >= 0.6 is 34.8 Å².